The highest BCUT2D eigenvalue weighted by atomic mass is 16.5. The van der Waals surface area contributed by atoms with Crippen LogP contribution in [0.25, 0.3) is 0 Å². The molecule has 2 rings (SSSR count). The van der Waals surface area contributed by atoms with Gasteiger partial charge in [-0.2, -0.15) is 0 Å². The minimum Gasteiger partial charge on any atom is -0.378 e. The molecule has 1 saturated heterocycles. The summed E-state index contributed by atoms with van der Waals surface area (Å²) >= 11 is 0. The van der Waals surface area contributed by atoms with E-state index in [-0.39, 0.29) is 0 Å². The van der Waals surface area contributed by atoms with Crippen LogP contribution in [0, 0.1) is 23.7 Å². The van der Waals surface area contributed by atoms with Crippen LogP contribution in [-0.2, 0) is 4.74 Å². The molecular formula is C11H20O. The van der Waals surface area contributed by atoms with Gasteiger partial charge in [0, 0.05) is 6.61 Å². The molecule has 0 aromatic carbocycles. The van der Waals surface area contributed by atoms with Gasteiger partial charge in [-0.05, 0) is 36.5 Å². The fourth-order valence-electron chi connectivity index (χ4n) is 3.30. The summed E-state index contributed by atoms with van der Waals surface area (Å²) in [4.78, 5) is 0. The first-order valence-electron chi connectivity index (χ1n) is 5.30. The van der Waals surface area contributed by atoms with Gasteiger partial charge in [-0.15, -0.1) is 0 Å². The molecule has 1 heteroatoms. The number of ether oxygens (including phenoxy) is 1. The van der Waals surface area contributed by atoms with E-state index in [1.165, 1.54) is 12.8 Å². The van der Waals surface area contributed by atoms with Crippen molar-refractivity contribution in [2.45, 2.75) is 39.7 Å². The Morgan fingerprint density at radius 3 is 2.50 bits per heavy atom. The Morgan fingerprint density at radius 2 is 1.75 bits per heavy atom. The van der Waals surface area contributed by atoms with Crippen LogP contribution >= 0.6 is 0 Å². The van der Waals surface area contributed by atoms with Crippen molar-refractivity contribution in [3.05, 3.63) is 0 Å². The van der Waals surface area contributed by atoms with Crippen molar-refractivity contribution in [1.82, 2.24) is 0 Å². The molecule has 0 bridgehead atoms. The fourth-order valence-corrected chi connectivity index (χ4v) is 3.30. The van der Waals surface area contributed by atoms with Gasteiger partial charge in [0.25, 0.3) is 0 Å². The highest BCUT2D eigenvalue weighted by Crippen LogP contribution is 2.43. The van der Waals surface area contributed by atoms with Crippen LogP contribution in [0.5, 0.6) is 0 Å². The van der Waals surface area contributed by atoms with Crippen LogP contribution in [0.1, 0.15) is 33.6 Å². The first-order chi connectivity index (χ1) is 5.68. The molecule has 0 amide bonds. The zero-order valence-corrected chi connectivity index (χ0v) is 8.42. The van der Waals surface area contributed by atoms with Crippen LogP contribution < -0.4 is 0 Å². The van der Waals surface area contributed by atoms with Gasteiger partial charge in [-0.25, -0.2) is 0 Å². The zero-order chi connectivity index (χ0) is 8.72. The van der Waals surface area contributed by atoms with E-state index in [1.807, 2.05) is 0 Å². The first kappa shape index (κ1) is 8.55. The maximum atomic E-state index is 5.81. The molecule has 1 nitrogen and oxygen atoms in total. The molecule has 5 atom stereocenters. The monoisotopic (exact) mass is 168 g/mol. The highest BCUT2D eigenvalue weighted by molar-refractivity contribution is 4.90. The van der Waals surface area contributed by atoms with E-state index in [0.717, 1.165) is 30.3 Å². The summed E-state index contributed by atoms with van der Waals surface area (Å²) < 4.78 is 5.81. The zero-order valence-electron chi connectivity index (χ0n) is 8.42. The molecular weight excluding hydrogens is 148 g/mol. The minimum absolute atomic E-state index is 0.596. The Hall–Kier alpha value is -0.0400. The van der Waals surface area contributed by atoms with E-state index in [1.54, 1.807) is 0 Å². The van der Waals surface area contributed by atoms with Gasteiger partial charge < -0.3 is 4.74 Å². The average Bonchev–Trinajstić information content (AvgIpc) is 2.31. The van der Waals surface area contributed by atoms with Gasteiger partial charge in [0.1, 0.15) is 0 Å². The summed E-state index contributed by atoms with van der Waals surface area (Å²) in [6.07, 6.45) is 3.31. The van der Waals surface area contributed by atoms with E-state index in [0.29, 0.717) is 6.10 Å². The Labute approximate surface area is 75.5 Å². The summed E-state index contributed by atoms with van der Waals surface area (Å²) in [5, 5.41) is 0. The van der Waals surface area contributed by atoms with Crippen molar-refractivity contribution in [2.75, 3.05) is 6.61 Å². The molecule has 1 saturated carbocycles. The second-order valence-electron chi connectivity index (χ2n) is 4.98. The maximum absolute atomic E-state index is 5.81. The van der Waals surface area contributed by atoms with Crippen LogP contribution in [0.4, 0.5) is 0 Å². The third-order valence-electron chi connectivity index (χ3n) is 3.73. The molecule has 1 heterocycles. The Kier molecular flexibility index (Phi) is 2.16. The van der Waals surface area contributed by atoms with E-state index >= 15 is 0 Å². The molecule has 0 aromatic rings. The van der Waals surface area contributed by atoms with E-state index < -0.39 is 0 Å². The second kappa shape index (κ2) is 3.02. The molecule has 1 aliphatic carbocycles. The lowest BCUT2D eigenvalue weighted by atomic mass is 9.70. The number of fused-ring (bicyclic) bond motifs is 1. The molecule has 0 aromatic heterocycles. The quantitative estimate of drug-likeness (QED) is 0.540. The predicted octanol–water partition coefficient (Wildman–Crippen LogP) is 2.70. The molecule has 0 N–H and O–H groups in total. The molecule has 0 radical (unpaired) electrons. The smallest absolute Gasteiger partial charge is 0.0611 e. The predicted molar refractivity (Wildman–Crippen MR) is 50.0 cm³/mol. The van der Waals surface area contributed by atoms with Gasteiger partial charge in [-0.3, -0.25) is 0 Å². The number of hydrogen-bond acceptors (Lipinski definition) is 1. The maximum Gasteiger partial charge on any atom is 0.0611 e. The van der Waals surface area contributed by atoms with E-state index in [2.05, 4.69) is 20.8 Å². The standard InChI is InChI=1S/C11H20O/c1-7-4-8(2)11-9(3)6-12-10(11)5-7/h7-11H,4-6H2,1-3H3/t7-,8?,9?,10?,11?/m0/s1. The lowest BCUT2D eigenvalue weighted by molar-refractivity contribution is 0.0275. The Bertz CT molecular complexity index is 166. The van der Waals surface area contributed by atoms with Crippen molar-refractivity contribution < 1.29 is 4.74 Å². The molecule has 2 fully saturated rings. The molecule has 0 spiro atoms. The van der Waals surface area contributed by atoms with Crippen LogP contribution in [0.3, 0.4) is 0 Å². The van der Waals surface area contributed by atoms with E-state index in [4.69, 9.17) is 4.74 Å². The molecule has 2 aliphatic rings. The normalized spacial score (nSPS) is 53.8. The first-order valence-corrected chi connectivity index (χ1v) is 5.30. The number of hydrogen-bond donors (Lipinski definition) is 0. The topological polar surface area (TPSA) is 9.23 Å². The highest BCUT2D eigenvalue weighted by Gasteiger charge is 2.42. The Balaban J connectivity index is 2.09. The van der Waals surface area contributed by atoms with Gasteiger partial charge in [0.15, 0.2) is 0 Å². The van der Waals surface area contributed by atoms with Crippen molar-refractivity contribution >= 4 is 0 Å². The summed E-state index contributed by atoms with van der Waals surface area (Å²) in [6, 6.07) is 0. The average molecular weight is 168 g/mol. The van der Waals surface area contributed by atoms with Crippen LogP contribution in [-0.4, -0.2) is 12.7 Å². The van der Waals surface area contributed by atoms with Crippen molar-refractivity contribution in [1.29, 1.82) is 0 Å². The summed E-state index contributed by atoms with van der Waals surface area (Å²) in [7, 11) is 0. The lowest BCUT2D eigenvalue weighted by Crippen LogP contribution is -2.33. The minimum atomic E-state index is 0.596. The van der Waals surface area contributed by atoms with Crippen LogP contribution in [0.2, 0.25) is 0 Å². The molecule has 12 heavy (non-hydrogen) atoms. The lowest BCUT2D eigenvalue weighted by Gasteiger charge is -2.35. The van der Waals surface area contributed by atoms with Gasteiger partial charge in [0.05, 0.1) is 6.10 Å². The largest absolute Gasteiger partial charge is 0.378 e. The number of rotatable bonds is 0. The van der Waals surface area contributed by atoms with Crippen molar-refractivity contribution in [3.8, 4) is 0 Å². The third-order valence-corrected chi connectivity index (χ3v) is 3.73. The van der Waals surface area contributed by atoms with Gasteiger partial charge in [-0.1, -0.05) is 20.8 Å². The van der Waals surface area contributed by atoms with Gasteiger partial charge in [0.2, 0.25) is 0 Å². The second-order valence-corrected chi connectivity index (χ2v) is 4.98. The summed E-state index contributed by atoms with van der Waals surface area (Å²) in [5.41, 5.74) is 0. The van der Waals surface area contributed by atoms with Crippen molar-refractivity contribution in [3.63, 3.8) is 0 Å². The van der Waals surface area contributed by atoms with Crippen molar-refractivity contribution in [2.24, 2.45) is 23.7 Å². The SMILES string of the molecule is CC1COC2C[C@@H](C)CC(C)C12. The summed E-state index contributed by atoms with van der Waals surface area (Å²) in [5.74, 6) is 3.43. The molecule has 1 aliphatic heterocycles. The fraction of sp³-hybridized carbons (Fsp3) is 1.00. The third kappa shape index (κ3) is 1.28. The molecule has 70 valence electrons. The van der Waals surface area contributed by atoms with Gasteiger partial charge >= 0.3 is 0 Å². The van der Waals surface area contributed by atoms with E-state index in [9.17, 15) is 0 Å². The molecule has 4 unspecified atom stereocenters. The van der Waals surface area contributed by atoms with Crippen LogP contribution in [0.15, 0.2) is 0 Å². The summed E-state index contributed by atoms with van der Waals surface area (Å²) in [6.45, 7) is 8.11. The Morgan fingerprint density at radius 1 is 1.00 bits per heavy atom.